The molecule has 0 bridgehead atoms. The van der Waals surface area contributed by atoms with Gasteiger partial charge in [-0.3, -0.25) is 0 Å². The average Bonchev–Trinajstić information content (AvgIpc) is 2.63. The van der Waals surface area contributed by atoms with E-state index in [2.05, 4.69) is 57.5 Å². The van der Waals surface area contributed by atoms with Crippen molar-refractivity contribution in [2.75, 3.05) is 0 Å². The smallest absolute Gasteiger partial charge is 0.0187 e. The van der Waals surface area contributed by atoms with Crippen molar-refractivity contribution in [1.29, 1.82) is 0 Å². The zero-order chi connectivity index (χ0) is 16.6. The van der Waals surface area contributed by atoms with Crippen molar-refractivity contribution in [3.63, 3.8) is 0 Å². The Morgan fingerprint density at radius 1 is 0.773 bits per heavy atom. The molecule has 0 unspecified atom stereocenters. The highest BCUT2D eigenvalue weighted by molar-refractivity contribution is 5.64. The SMILES string of the molecule is C=C.C=Cc1ccccc1.C=Cc1ccccc1C=CCC. The Morgan fingerprint density at radius 2 is 1.32 bits per heavy atom. The first kappa shape index (κ1) is 19.4. The largest absolute Gasteiger partial charge is 0.106 e. The van der Waals surface area contributed by atoms with Gasteiger partial charge in [-0.05, 0) is 23.1 Å². The molecule has 2 aromatic carbocycles. The number of hydrogen-bond donors (Lipinski definition) is 0. The predicted octanol–water partition coefficient (Wildman–Crippen LogP) is 6.88. The topological polar surface area (TPSA) is 0 Å². The summed E-state index contributed by atoms with van der Waals surface area (Å²) in [6.07, 6.45) is 9.08. The van der Waals surface area contributed by atoms with Gasteiger partial charge in [-0.15, -0.1) is 13.2 Å². The monoisotopic (exact) mass is 290 g/mol. The van der Waals surface area contributed by atoms with Crippen LogP contribution < -0.4 is 0 Å². The third kappa shape index (κ3) is 7.86. The quantitative estimate of drug-likeness (QED) is 0.538. The fourth-order valence-corrected chi connectivity index (χ4v) is 1.68. The van der Waals surface area contributed by atoms with E-state index in [1.165, 1.54) is 16.7 Å². The van der Waals surface area contributed by atoms with Crippen LogP contribution in [-0.4, -0.2) is 0 Å². The van der Waals surface area contributed by atoms with E-state index in [1.807, 2.05) is 54.6 Å². The van der Waals surface area contributed by atoms with E-state index in [1.54, 1.807) is 0 Å². The average molecular weight is 290 g/mol. The molecular formula is C22H26. The van der Waals surface area contributed by atoms with Crippen LogP contribution in [0.4, 0.5) is 0 Å². The first-order valence-electron chi connectivity index (χ1n) is 7.37. The maximum atomic E-state index is 3.77. The van der Waals surface area contributed by atoms with Gasteiger partial charge in [0.15, 0.2) is 0 Å². The van der Waals surface area contributed by atoms with E-state index in [-0.39, 0.29) is 0 Å². The standard InChI is InChI=1S/C12H14.C8H8.C2H4/c1-3-5-8-12-10-7-6-9-11(12)4-2;1-2-8-6-4-3-5-7-8;1-2/h4-10H,2-3H2,1H3;2-7H,1H2;1-2H2. The second-order valence-electron chi connectivity index (χ2n) is 4.26. The van der Waals surface area contributed by atoms with Crippen molar-refractivity contribution < 1.29 is 0 Å². The molecule has 22 heavy (non-hydrogen) atoms. The van der Waals surface area contributed by atoms with Crippen molar-refractivity contribution in [2.45, 2.75) is 13.3 Å². The summed E-state index contributed by atoms with van der Waals surface area (Å²) in [5.41, 5.74) is 3.61. The molecule has 0 fully saturated rings. The molecule has 0 radical (unpaired) electrons. The molecule has 0 nitrogen and oxygen atoms in total. The molecule has 2 aromatic rings. The molecule has 0 spiro atoms. The summed E-state index contributed by atoms with van der Waals surface area (Å²) in [7, 11) is 0. The van der Waals surface area contributed by atoms with E-state index in [4.69, 9.17) is 0 Å². The van der Waals surface area contributed by atoms with Crippen LogP contribution in [0.1, 0.15) is 30.0 Å². The lowest BCUT2D eigenvalue weighted by molar-refractivity contribution is 1.23. The van der Waals surface area contributed by atoms with Crippen LogP contribution >= 0.6 is 0 Å². The molecule has 0 saturated heterocycles. The van der Waals surface area contributed by atoms with Crippen LogP contribution in [0.25, 0.3) is 18.2 Å². The Kier molecular flexibility index (Phi) is 11.8. The molecule has 0 saturated carbocycles. The molecule has 114 valence electrons. The van der Waals surface area contributed by atoms with Crippen LogP contribution in [0.5, 0.6) is 0 Å². The van der Waals surface area contributed by atoms with Crippen molar-refractivity contribution in [3.8, 4) is 0 Å². The molecule has 0 atom stereocenters. The van der Waals surface area contributed by atoms with E-state index in [0.717, 1.165) is 6.42 Å². The summed E-state index contributed by atoms with van der Waals surface area (Å²) in [4.78, 5) is 0. The zero-order valence-corrected chi connectivity index (χ0v) is 13.5. The highest BCUT2D eigenvalue weighted by Crippen LogP contribution is 2.11. The summed E-state index contributed by atoms with van der Waals surface area (Å²) >= 11 is 0. The third-order valence-electron chi connectivity index (χ3n) is 2.78. The zero-order valence-electron chi connectivity index (χ0n) is 13.5. The molecule has 0 aliphatic carbocycles. The Bertz CT molecular complexity index is 562. The van der Waals surface area contributed by atoms with E-state index < -0.39 is 0 Å². The first-order chi connectivity index (χ1) is 10.8. The van der Waals surface area contributed by atoms with E-state index in [9.17, 15) is 0 Å². The number of rotatable bonds is 4. The fraction of sp³-hybridized carbons (Fsp3) is 0.0909. The Morgan fingerprint density at radius 3 is 1.77 bits per heavy atom. The molecule has 0 N–H and O–H groups in total. The van der Waals surface area contributed by atoms with Gasteiger partial charge in [0.1, 0.15) is 0 Å². The first-order valence-corrected chi connectivity index (χ1v) is 7.37. The van der Waals surface area contributed by atoms with Crippen LogP contribution in [0, 0.1) is 0 Å². The summed E-state index contributed by atoms with van der Waals surface area (Å²) in [5, 5.41) is 0. The van der Waals surface area contributed by atoms with Crippen LogP contribution in [-0.2, 0) is 0 Å². The summed E-state index contributed by atoms with van der Waals surface area (Å²) in [6, 6.07) is 18.3. The normalized spacial score (nSPS) is 8.95. The van der Waals surface area contributed by atoms with Gasteiger partial charge in [0.05, 0.1) is 0 Å². The highest BCUT2D eigenvalue weighted by atomic mass is 14.0. The lowest BCUT2D eigenvalue weighted by Gasteiger charge is -1.98. The Balaban J connectivity index is 0.000000382. The molecule has 0 aromatic heterocycles. The molecule has 2 rings (SSSR count). The van der Waals surface area contributed by atoms with Gasteiger partial charge in [0.2, 0.25) is 0 Å². The van der Waals surface area contributed by atoms with Crippen molar-refractivity contribution >= 4 is 18.2 Å². The second-order valence-corrected chi connectivity index (χ2v) is 4.26. The molecule has 0 aliphatic heterocycles. The van der Waals surface area contributed by atoms with Crippen LogP contribution in [0.3, 0.4) is 0 Å². The van der Waals surface area contributed by atoms with Crippen molar-refractivity contribution in [1.82, 2.24) is 0 Å². The lowest BCUT2D eigenvalue weighted by atomic mass is 10.1. The highest BCUT2D eigenvalue weighted by Gasteiger charge is 1.90. The predicted molar refractivity (Wildman–Crippen MR) is 104 cm³/mol. The molecule has 0 heteroatoms. The van der Waals surface area contributed by atoms with E-state index >= 15 is 0 Å². The molecular weight excluding hydrogens is 264 g/mol. The van der Waals surface area contributed by atoms with Gasteiger partial charge in [0.25, 0.3) is 0 Å². The minimum atomic E-state index is 1.07. The maximum Gasteiger partial charge on any atom is -0.0187 e. The molecule has 0 amide bonds. The van der Waals surface area contributed by atoms with Crippen molar-refractivity contribution in [2.24, 2.45) is 0 Å². The summed E-state index contributed by atoms with van der Waals surface area (Å²) in [5.74, 6) is 0. The van der Waals surface area contributed by atoms with Gasteiger partial charge >= 0.3 is 0 Å². The molecule has 0 aliphatic rings. The maximum absolute atomic E-state index is 3.77. The summed E-state index contributed by atoms with van der Waals surface area (Å²) < 4.78 is 0. The summed E-state index contributed by atoms with van der Waals surface area (Å²) in [6.45, 7) is 15.5. The number of hydrogen-bond acceptors (Lipinski definition) is 0. The third-order valence-corrected chi connectivity index (χ3v) is 2.78. The van der Waals surface area contributed by atoms with E-state index in [0.29, 0.717) is 0 Å². The Labute approximate surface area is 135 Å². The van der Waals surface area contributed by atoms with Gasteiger partial charge in [-0.2, -0.15) is 0 Å². The minimum Gasteiger partial charge on any atom is -0.106 e. The number of benzene rings is 2. The van der Waals surface area contributed by atoms with Crippen molar-refractivity contribution in [3.05, 3.63) is 104 Å². The van der Waals surface area contributed by atoms with Gasteiger partial charge in [-0.25, -0.2) is 0 Å². The van der Waals surface area contributed by atoms with Gasteiger partial charge in [0, 0.05) is 0 Å². The minimum absolute atomic E-state index is 1.07. The Hall–Kier alpha value is -2.60. The van der Waals surface area contributed by atoms with Gasteiger partial charge < -0.3 is 0 Å². The fourth-order valence-electron chi connectivity index (χ4n) is 1.68. The van der Waals surface area contributed by atoms with Crippen LogP contribution in [0.15, 0.2) is 87.0 Å². The van der Waals surface area contributed by atoms with Gasteiger partial charge in [-0.1, -0.05) is 99.0 Å². The van der Waals surface area contributed by atoms with Crippen LogP contribution in [0.2, 0.25) is 0 Å². The molecule has 0 heterocycles. The number of allylic oxidation sites excluding steroid dienone is 1. The lowest BCUT2D eigenvalue weighted by Crippen LogP contribution is -1.77. The second kappa shape index (κ2) is 13.4.